The third-order valence-electron chi connectivity index (χ3n) is 9.40. The Hall–Kier alpha value is -4.91. The maximum Gasteiger partial charge on any atom is 0.341 e. The van der Waals surface area contributed by atoms with E-state index in [1.54, 1.807) is 4.57 Å². The van der Waals surface area contributed by atoms with E-state index in [4.69, 9.17) is 4.74 Å². The van der Waals surface area contributed by atoms with Gasteiger partial charge in [0.05, 0.1) is 18.0 Å². The lowest BCUT2D eigenvalue weighted by Gasteiger charge is -2.37. The molecule has 2 aliphatic rings. The molecule has 0 spiro atoms. The molecule has 2 fully saturated rings. The second-order valence-corrected chi connectivity index (χ2v) is 12.6. The van der Waals surface area contributed by atoms with E-state index in [9.17, 15) is 24.3 Å². The number of fused-ring (bicyclic) bond motifs is 1. The number of carbonyl (C=O) groups is 1. The number of carboxylic acids is 1. The molecule has 48 heavy (non-hydrogen) atoms. The molecule has 1 aliphatic carbocycles. The number of methoxy groups -OCH3 is 1. The van der Waals surface area contributed by atoms with Crippen LogP contribution >= 0.6 is 0 Å². The Morgan fingerprint density at radius 2 is 1.79 bits per heavy atom. The fourth-order valence-electron chi connectivity index (χ4n) is 6.61. The minimum Gasteiger partial charge on any atom is -0.492 e. The van der Waals surface area contributed by atoms with Gasteiger partial charge in [-0.2, -0.15) is 0 Å². The summed E-state index contributed by atoms with van der Waals surface area (Å²) in [5, 5.41) is 12.7. The number of anilines is 3. The van der Waals surface area contributed by atoms with Crippen LogP contribution < -0.4 is 31.6 Å². The highest BCUT2D eigenvalue weighted by atomic mass is 19.1. The first kappa shape index (κ1) is 33.0. The average molecular weight is 661 g/mol. The highest BCUT2D eigenvalue weighted by Gasteiger charge is 2.32. The Balaban J connectivity index is 1.07. The zero-order valence-electron chi connectivity index (χ0n) is 27.5. The number of pyridine rings is 1. The molecule has 2 aromatic heterocycles. The number of unbranched alkanes of at least 4 members (excludes halogenated alkanes) is 1. The van der Waals surface area contributed by atoms with Crippen LogP contribution in [0.3, 0.4) is 0 Å². The average Bonchev–Trinajstić information content (AvgIpc) is 3.91. The molecule has 1 saturated carbocycles. The first-order valence-corrected chi connectivity index (χ1v) is 16.5. The first-order valence-electron chi connectivity index (χ1n) is 16.5. The predicted octanol–water partition coefficient (Wildman–Crippen LogP) is 4.25. The van der Waals surface area contributed by atoms with Crippen molar-refractivity contribution in [2.24, 2.45) is 0 Å². The second kappa shape index (κ2) is 13.7. The number of hydrogen-bond acceptors (Lipinski definition) is 8. The number of benzene rings is 2. The monoisotopic (exact) mass is 660 g/mol. The molecule has 0 amide bonds. The van der Waals surface area contributed by atoms with Crippen LogP contribution in [0, 0.1) is 12.7 Å². The van der Waals surface area contributed by atoms with E-state index in [1.165, 1.54) is 35.1 Å². The smallest absolute Gasteiger partial charge is 0.341 e. The Morgan fingerprint density at radius 1 is 1.06 bits per heavy atom. The van der Waals surface area contributed by atoms with Gasteiger partial charge in [-0.3, -0.25) is 24.0 Å². The zero-order valence-corrected chi connectivity index (χ0v) is 27.5. The lowest BCUT2D eigenvalue weighted by atomic mass is 10.1. The molecule has 6 rings (SSSR count). The van der Waals surface area contributed by atoms with Gasteiger partial charge in [0, 0.05) is 56.7 Å². The summed E-state index contributed by atoms with van der Waals surface area (Å²) in [7, 11) is 1.44. The summed E-state index contributed by atoms with van der Waals surface area (Å²) in [5.41, 5.74) is 1.94. The molecule has 1 aliphatic heterocycles. The molecule has 13 heteroatoms. The fraction of sp³-hybridized carbons (Fsp3) is 0.429. The fourth-order valence-corrected chi connectivity index (χ4v) is 6.61. The molecule has 0 bridgehead atoms. The van der Waals surface area contributed by atoms with Crippen LogP contribution in [0.25, 0.3) is 10.9 Å². The van der Waals surface area contributed by atoms with E-state index in [0.717, 1.165) is 44.0 Å². The van der Waals surface area contributed by atoms with Crippen molar-refractivity contribution in [3.8, 4) is 5.75 Å². The van der Waals surface area contributed by atoms with Gasteiger partial charge in [-0.05, 0) is 74.9 Å². The standard InChI is InChI=1S/C35H41FN6O6/c1-4-22-17-23(8-7-21(22)2)37-28-19-29(43)41(35(47)38-28)12-6-5-11-39-13-15-40(16-14-39)31-27(36)18-25-30(33(31)48-3)42(24-9-10-24)20-26(32(25)44)34(45)46/h7-8,17-20,24,37H,4-6,9-16H2,1-3H3,(H,38,47)(H,45,46). The molecule has 254 valence electrons. The molecular formula is C35H41FN6O6. The van der Waals surface area contributed by atoms with E-state index in [1.807, 2.05) is 30.0 Å². The third-order valence-corrected chi connectivity index (χ3v) is 9.40. The number of aromatic carboxylic acids is 1. The van der Waals surface area contributed by atoms with Crippen LogP contribution in [0.4, 0.5) is 21.6 Å². The van der Waals surface area contributed by atoms with E-state index in [-0.39, 0.29) is 34.0 Å². The Bertz CT molecular complexity index is 2010. The highest BCUT2D eigenvalue weighted by molar-refractivity contribution is 5.97. The number of hydrogen-bond donors (Lipinski definition) is 3. The molecule has 0 atom stereocenters. The van der Waals surface area contributed by atoms with Gasteiger partial charge in [0.1, 0.15) is 17.1 Å². The van der Waals surface area contributed by atoms with Crippen LogP contribution in [-0.4, -0.2) is 69.9 Å². The van der Waals surface area contributed by atoms with E-state index in [2.05, 4.69) is 22.1 Å². The number of piperazine rings is 1. The van der Waals surface area contributed by atoms with Gasteiger partial charge in [0.15, 0.2) is 11.6 Å². The second-order valence-electron chi connectivity index (χ2n) is 12.6. The quantitative estimate of drug-likeness (QED) is 0.190. The number of H-pyrrole nitrogens is 1. The van der Waals surface area contributed by atoms with Gasteiger partial charge in [-0.25, -0.2) is 14.0 Å². The number of nitrogens with zero attached hydrogens (tertiary/aromatic N) is 4. The molecule has 2 aromatic carbocycles. The summed E-state index contributed by atoms with van der Waals surface area (Å²) in [4.78, 5) is 57.2. The molecule has 0 unspecified atom stereocenters. The van der Waals surface area contributed by atoms with Gasteiger partial charge in [-0.15, -0.1) is 0 Å². The number of nitrogens with one attached hydrogen (secondary N) is 2. The van der Waals surface area contributed by atoms with Crippen molar-refractivity contribution < 1.29 is 19.0 Å². The Kier molecular flexibility index (Phi) is 9.40. The highest BCUT2D eigenvalue weighted by Crippen LogP contribution is 2.43. The van der Waals surface area contributed by atoms with E-state index >= 15 is 4.39 Å². The molecule has 12 nitrogen and oxygen atoms in total. The van der Waals surface area contributed by atoms with E-state index in [0.29, 0.717) is 50.5 Å². The number of aryl methyl sites for hydroxylation is 2. The van der Waals surface area contributed by atoms with Crippen molar-refractivity contribution in [3.05, 3.63) is 90.1 Å². The molecule has 3 heterocycles. The van der Waals surface area contributed by atoms with Crippen molar-refractivity contribution in [2.75, 3.05) is 50.1 Å². The number of carboxylic acid groups (broad SMARTS) is 1. The van der Waals surface area contributed by atoms with Gasteiger partial charge < -0.3 is 24.6 Å². The largest absolute Gasteiger partial charge is 0.492 e. The Morgan fingerprint density at radius 3 is 2.44 bits per heavy atom. The number of aromatic amines is 1. The summed E-state index contributed by atoms with van der Waals surface area (Å²) in [5.74, 6) is -1.38. The Labute approximate surface area is 276 Å². The summed E-state index contributed by atoms with van der Waals surface area (Å²) in [6.45, 7) is 7.54. The minimum atomic E-state index is -1.34. The summed E-state index contributed by atoms with van der Waals surface area (Å²) in [6, 6.07) is 8.51. The van der Waals surface area contributed by atoms with Crippen LogP contribution in [0.2, 0.25) is 0 Å². The zero-order chi connectivity index (χ0) is 34.1. The first-order chi connectivity index (χ1) is 23.1. The van der Waals surface area contributed by atoms with Gasteiger partial charge in [0.25, 0.3) is 5.56 Å². The molecule has 0 radical (unpaired) electrons. The normalized spacial score (nSPS) is 15.2. The van der Waals surface area contributed by atoms with Gasteiger partial charge in [-0.1, -0.05) is 13.0 Å². The number of rotatable bonds is 12. The maximum atomic E-state index is 15.7. The van der Waals surface area contributed by atoms with Gasteiger partial charge in [0.2, 0.25) is 5.43 Å². The van der Waals surface area contributed by atoms with Crippen LogP contribution in [0.15, 0.2) is 50.9 Å². The van der Waals surface area contributed by atoms with Gasteiger partial charge >= 0.3 is 11.7 Å². The maximum absolute atomic E-state index is 15.7. The number of aromatic nitrogens is 3. The van der Waals surface area contributed by atoms with Crippen LogP contribution in [-0.2, 0) is 13.0 Å². The summed E-state index contributed by atoms with van der Waals surface area (Å²) < 4.78 is 24.4. The summed E-state index contributed by atoms with van der Waals surface area (Å²) >= 11 is 0. The molecule has 4 aromatic rings. The SMILES string of the molecule is CCc1cc(Nc2cc(=O)n(CCCCN3CCN(c4c(F)cc5c(=O)c(C(=O)O)cn(C6CC6)c5c4OC)CC3)c(=O)[nH]2)ccc1C. The van der Waals surface area contributed by atoms with E-state index < -0.39 is 22.9 Å². The lowest BCUT2D eigenvalue weighted by molar-refractivity contribution is 0.0694. The lowest BCUT2D eigenvalue weighted by Crippen LogP contribution is -2.47. The van der Waals surface area contributed by atoms with Crippen molar-refractivity contribution >= 4 is 34.1 Å². The van der Waals surface area contributed by atoms with Crippen LogP contribution in [0.5, 0.6) is 5.75 Å². The van der Waals surface area contributed by atoms with Crippen molar-refractivity contribution in [1.29, 1.82) is 0 Å². The molecule has 3 N–H and O–H groups in total. The van der Waals surface area contributed by atoms with Crippen LogP contribution in [0.1, 0.15) is 60.1 Å². The minimum absolute atomic E-state index is 0.000728. The number of ether oxygens (including phenoxy) is 1. The molecular weight excluding hydrogens is 619 g/mol. The van der Waals surface area contributed by atoms with Crippen molar-refractivity contribution in [1.82, 2.24) is 19.0 Å². The van der Waals surface area contributed by atoms with Crippen molar-refractivity contribution in [2.45, 2.75) is 58.5 Å². The topological polar surface area (TPSA) is 142 Å². The number of halogens is 1. The predicted molar refractivity (Wildman–Crippen MR) is 183 cm³/mol. The summed E-state index contributed by atoms with van der Waals surface area (Å²) in [6.07, 6.45) is 5.32. The molecule has 1 saturated heterocycles. The van der Waals surface area contributed by atoms with Crippen molar-refractivity contribution in [3.63, 3.8) is 0 Å². The third kappa shape index (κ3) is 6.59.